The summed E-state index contributed by atoms with van der Waals surface area (Å²) in [6, 6.07) is 0. The van der Waals surface area contributed by atoms with E-state index in [1.165, 1.54) is 16.4 Å². The molecule has 2 aromatic heterocycles. The van der Waals surface area contributed by atoms with Crippen LogP contribution in [0.15, 0.2) is 9.95 Å². The van der Waals surface area contributed by atoms with Crippen LogP contribution in [0.3, 0.4) is 0 Å². The van der Waals surface area contributed by atoms with Gasteiger partial charge in [0.2, 0.25) is 5.88 Å². The zero-order valence-electron chi connectivity index (χ0n) is 13.0. The standard InChI is InChI=1S/C13H18N4O6S/c1-3-22-11-6-9(14-13(24-2)15-10(6)21)17(16-11)12-8(20)7(19)5(4-18)23-12/h5,7-8,12,18-20H,3-4H2,1-2H3,(H,14,15,21)/t5-,7-,8-,12-/m1/s1. The molecule has 1 aliphatic heterocycles. The minimum atomic E-state index is -1.33. The van der Waals surface area contributed by atoms with Crippen molar-refractivity contribution in [3.8, 4) is 5.88 Å². The van der Waals surface area contributed by atoms with Crippen LogP contribution >= 0.6 is 11.8 Å². The van der Waals surface area contributed by atoms with Gasteiger partial charge in [-0.2, -0.15) is 0 Å². The van der Waals surface area contributed by atoms with E-state index in [1.807, 2.05) is 0 Å². The minimum absolute atomic E-state index is 0.0617. The smallest absolute Gasteiger partial charge is 0.266 e. The van der Waals surface area contributed by atoms with Gasteiger partial charge in [-0.25, -0.2) is 9.67 Å². The van der Waals surface area contributed by atoms with Crippen LogP contribution in [0.25, 0.3) is 11.0 Å². The molecule has 3 heterocycles. The number of aromatic amines is 1. The van der Waals surface area contributed by atoms with E-state index in [0.29, 0.717) is 5.16 Å². The van der Waals surface area contributed by atoms with Gasteiger partial charge in [0, 0.05) is 0 Å². The Balaban J connectivity index is 2.17. The molecule has 132 valence electrons. The van der Waals surface area contributed by atoms with E-state index in [9.17, 15) is 20.1 Å². The molecule has 0 unspecified atom stereocenters. The van der Waals surface area contributed by atoms with Gasteiger partial charge in [0.05, 0.1) is 13.2 Å². The molecule has 0 amide bonds. The molecule has 2 aromatic rings. The van der Waals surface area contributed by atoms with Crippen LogP contribution in [0.2, 0.25) is 0 Å². The molecule has 4 atom stereocenters. The predicted molar refractivity (Wildman–Crippen MR) is 84.1 cm³/mol. The number of rotatable bonds is 5. The summed E-state index contributed by atoms with van der Waals surface area (Å²) in [6.45, 7) is 1.57. The lowest BCUT2D eigenvalue weighted by Crippen LogP contribution is -2.33. The van der Waals surface area contributed by atoms with E-state index in [0.717, 1.165) is 0 Å². The monoisotopic (exact) mass is 358 g/mol. The molecule has 0 aliphatic carbocycles. The predicted octanol–water partition coefficient (Wildman–Crippen LogP) is -1.15. The molecule has 0 spiro atoms. The molecule has 1 fully saturated rings. The maximum Gasteiger partial charge on any atom is 0.266 e. The second-order valence-corrected chi connectivity index (χ2v) is 5.98. The maximum absolute atomic E-state index is 12.3. The molecule has 3 rings (SSSR count). The number of fused-ring (bicyclic) bond motifs is 1. The van der Waals surface area contributed by atoms with E-state index >= 15 is 0 Å². The first-order chi connectivity index (χ1) is 11.5. The molecule has 0 bridgehead atoms. The maximum atomic E-state index is 12.3. The third-order valence-electron chi connectivity index (χ3n) is 3.74. The van der Waals surface area contributed by atoms with E-state index in [-0.39, 0.29) is 23.5 Å². The number of ether oxygens (including phenoxy) is 2. The Bertz CT molecular complexity index is 793. The third kappa shape index (κ3) is 2.67. The fraction of sp³-hybridized carbons (Fsp3) is 0.615. The molecule has 11 heteroatoms. The topological polar surface area (TPSA) is 143 Å². The highest BCUT2D eigenvalue weighted by molar-refractivity contribution is 7.98. The van der Waals surface area contributed by atoms with Gasteiger partial charge in [0.15, 0.2) is 17.0 Å². The lowest BCUT2D eigenvalue weighted by atomic mass is 10.1. The molecule has 0 saturated carbocycles. The summed E-state index contributed by atoms with van der Waals surface area (Å²) in [5.41, 5.74) is -0.257. The van der Waals surface area contributed by atoms with Gasteiger partial charge in [-0.05, 0) is 13.2 Å². The molecule has 0 aromatic carbocycles. The highest BCUT2D eigenvalue weighted by Crippen LogP contribution is 2.33. The van der Waals surface area contributed by atoms with Crippen molar-refractivity contribution in [3.05, 3.63) is 10.4 Å². The minimum Gasteiger partial charge on any atom is -0.476 e. The van der Waals surface area contributed by atoms with Crippen molar-refractivity contribution < 1.29 is 24.8 Å². The van der Waals surface area contributed by atoms with Crippen LogP contribution in [0.4, 0.5) is 0 Å². The summed E-state index contributed by atoms with van der Waals surface area (Å²) >= 11 is 1.24. The van der Waals surface area contributed by atoms with E-state index in [4.69, 9.17) is 9.47 Å². The van der Waals surface area contributed by atoms with Crippen LogP contribution in [-0.4, -0.2) is 72.8 Å². The Kier molecular flexibility index (Phi) is 4.78. The number of hydrogen-bond acceptors (Lipinski definition) is 9. The summed E-state index contributed by atoms with van der Waals surface area (Å²) in [5.74, 6) is 0.0617. The molecular weight excluding hydrogens is 340 g/mol. The second-order valence-electron chi connectivity index (χ2n) is 5.19. The van der Waals surface area contributed by atoms with Crippen molar-refractivity contribution in [3.63, 3.8) is 0 Å². The molecule has 24 heavy (non-hydrogen) atoms. The molecule has 1 aliphatic rings. The summed E-state index contributed by atoms with van der Waals surface area (Å²) in [5, 5.41) is 34.0. The van der Waals surface area contributed by atoms with Gasteiger partial charge in [0.25, 0.3) is 5.56 Å². The van der Waals surface area contributed by atoms with Crippen molar-refractivity contribution >= 4 is 22.8 Å². The SMILES string of the molecule is CCOc1nn([C@@H]2O[C@H](CO)[C@@H](O)[C@H]2O)c2nc(SC)[nH]c(=O)c12. The Labute approximate surface area is 140 Å². The van der Waals surface area contributed by atoms with E-state index in [1.54, 1.807) is 13.2 Å². The number of aromatic nitrogens is 4. The zero-order chi connectivity index (χ0) is 17.4. The van der Waals surface area contributed by atoms with Gasteiger partial charge in [-0.3, -0.25) is 4.79 Å². The van der Waals surface area contributed by atoms with Crippen molar-refractivity contribution in [2.24, 2.45) is 0 Å². The summed E-state index contributed by atoms with van der Waals surface area (Å²) in [4.78, 5) is 19.2. The van der Waals surface area contributed by atoms with Crippen LogP contribution in [0, 0.1) is 0 Å². The first-order valence-electron chi connectivity index (χ1n) is 7.33. The number of hydrogen-bond donors (Lipinski definition) is 4. The average Bonchev–Trinajstić information content (AvgIpc) is 3.07. The summed E-state index contributed by atoms with van der Waals surface area (Å²) in [7, 11) is 0. The number of H-pyrrole nitrogens is 1. The first-order valence-corrected chi connectivity index (χ1v) is 8.56. The number of aliphatic hydroxyl groups excluding tert-OH is 3. The van der Waals surface area contributed by atoms with Gasteiger partial charge in [0.1, 0.15) is 23.7 Å². The van der Waals surface area contributed by atoms with Crippen LogP contribution in [-0.2, 0) is 4.74 Å². The van der Waals surface area contributed by atoms with Crippen LogP contribution in [0.1, 0.15) is 13.2 Å². The highest BCUT2D eigenvalue weighted by Gasteiger charge is 2.45. The molecule has 10 nitrogen and oxygen atoms in total. The molecular formula is C13H18N4O6S. The largest absolute Gasteiger partial charge is 0.476 e. The Morgan fingerprint density at radius 2 is 2.17 bits per heavy atom. The van der Waals surface area contributed by atoms with Crippen LogP contribution in [0.5, 0.6) is 5.88 Å². The highest BCUT2D eigenvalue weighted by atomic mass is 32.2. The molecule has 0 radical (unpaired) electrons. The zero-order valence-corrected chi connectivity index (χ0v) is 13.9. The van der Waals surface area contributed by atoms with Gasteiger partial charge < -0.3 is 29.8 Å². The number of nitrogens with zero attached hydrogens (tertiary/aromatic N) is 3. The third-order valence-corrected chi connectivity index (χ3v) is 4.32. The van der Waals surface area contributed by atoms with Gasteiger partial charge >= 0.3 is 0 Å². The first kappa shape index (κ1) is 17.2. The average molecular weight is 358 g/mol. The van der Waals surface area contributed by atoms with Crippen molar-refractivity contribution in [2.45, 2.75) is 36.6 Å². The van der Waals surface area contributed by atoms with E-state index in [2.05, 4.69) is 15.1 Å². The van der Waals surface area contributed by atoms with Crippen molar-refractivity contribution in [1.82, 2.24) is 19.7 Å². The van der Waals surface area contributed by atoms with E-state index < -0.39 is 36.7 Å². The Morgan fingerprint density at radius 1 is 1.42 bits per heavy atom. The van der Waals surface area contributed by atoms with Crippen molar-refractivity contribution in [2.75, 3.05) is 19.5 Å². The quantitative estimate of drug-likeness (QED) is 0.385. The lowest BCUT2D eigenvalue weighted by Gasteiger charge is -2.15. The summed E-state index contributed by atoms with van der Waals surface area (Å²) in [6.07, 6.45) is -2.92. The lowest BCUT2D eigenvalue weighted by molar-refractivity contribution is -0.0570. The fourth-order valence-corrected chi connectivity index (χ4v) is 2.96. The van der Waals surface area contributed by atoms with Gasteiger partial charge in [-0.1, -0.05) is 11.8 Å². The number of nitrogens with one attached hydrogen (secondary N) is 1. The van der Waals surface area contributed by atoms with Crippen molar-refractivity contribution in [1.29, 1.82) is 0 Å². The molecule has 4 N–H and O–H groups in total. The van der Waals surface area contributed by atoms with Crippen LogP contribution < -0.4 is 10.3 Å². The second kappa shape index (κ2) is 6.69. The fourth-order valence-electron chi connectivity index (χ4n) is 2.59. The Hall–Kier alpha value is -1.66. The normalized spacial score (nSPS) is 27.0. The van der Waals surface area contributed by atoms with Gasteiger partial charge in [-0.15, -0.1) is 5.10 Å². The summed E-state index contributed by atoms with van der Waals surface area (Å²) < 4.78 is 12.1. The molecule has 1 saturated heterocycles. The Morgan fingerprint density at radius 3 is 2.75 bits per heavy atom. The number of aliphatic hydroxyl groups is 3. The number of thioether (sulfide) groups is 1.